The van der Waals surface area contributed by atoms with E-state index in [1.54, 1.807) is 0 Å². The SMILES string of the molecule is C/C=C1/C(=O)C2C(CCC3(C)C2CC[C@@H]3CCC#N)C2(C)CCCCC12. The number of ketones is 1. The third kappa shape index (κ3) is 2.38. The quantitative estimate of drug-likeness (QED) is 0.565. The summed E-state index contributed by atoms with van der Waals surface area (Å²) in [6, 6.07) is 2.36. The number of allylic oxidation sites excluding steroid dienone is 2. The highest BCUT2D eigenvalue weighted by Gasteiger charge is 2.63. The lowest BCUT2D eigenvalue weighted by atomic mass is 9.43. The molecule has 0 bridgehead atoms. The Hall–Kier alpha value is -1.10. The molecular weight excluding hydrogens is 318 g/mol. The van der Waals surface area contributed by atoms with E-state index in [-0.39, 0.29) is 11.3 Å². The largest absolute Gasteiger partial charge is 0.294 e. The molecule has 0 amide bonds. The van der Waals surface area contributed by atoms with Crippen LogP contribution in [0.4, 0.5) is 0 Å². The molecule has 7 atom stereocenters. The topological polar surface area (TPSA) is 40.9 Å². The Morgan fingerprint density at radius 1 is 1.08 bits per heavy atom. The van der Waals surface area contributed by atoms with E-state index < -0.39 is 0 Å². The molecule has 2 heteroatoms. The minimum atomic E-state index is 0.256. The molecule has 0 heterocycles. The predicted octanol–water partition coefficient (Wildman–Crippen LogP) is 6.07. The van der Waals surface area contributed by atoms with Gasteiger partial charge in [0.05, 0.1) is 6.07 Å². The first-order valence-corrected chi connectivity index (χ1v) is 11.0. The minimum Gasteiger partial charge on any atom is -0.294 e. The number of hydrogen-bond acceptors (Lipinski definition) is 2. The number of nitrogens with zero attached hydrogens (tertiary/aromatic N) is 1. The number of nitriles is 1. The predicted molar refractivity (Wildman–Crippen MR) is 104 cm³/mol. The summed E-state index contributed by atoms with van der Waals surface area (Å²) in [4.78, 5) is 13.7. The third-order valence-corrected chi connectivity index (χ3v) is 9.45. The van der Waals surface area contributed by atoms with Gasteiger partial charge in [-0.1, -0.05) is 32.8 Å². The zero-order chi connectivity index (χ0) is 18.5. The van der Waals surface area contributed by atoms with Crippen molar-refractivity contribution >= 4 is 5.78 Å². The van der Waals surface area contributed by atoms with Crippen LogP contribution in [0.2, 0.25) is 0 Å². The van der Waals surface area contributed by atoms with Gasteiger partial charge in [-0.25, -0.2) is 0 Å². The third-order valence-electron chi connectivity index (χ3n) is 9.45. The number of carbonyl (C=O) groups excluding carboxylic acids is 1. The van der Waals surface area contributed by atoms with E-state index in [0.717, 1.165) is 6.42 Å². The van der Waals surface area contributed by atoms with Gasteiger partial charge in [0.2, 0.25) is 0 Å². The molecule has 0 radical (unpaired) electrons. The Balaban J connectivity index is 1.70. The van der Waals surface area contributed by atoms with Crippen molar-refractivity contribution in [3.8, 4) is 6.07 Å². The first-order valence-electron chi connectivity index (χ1n) is 11.0. The zero-order valence-corrected chi connectivity index (χ0v) is 16.9. The van der Waals surface area contributed by atoms with Crippen LogP contribution in [0.5, 0.6) is 0 Å². The molecule has 0 aliphatic heterocycles. The average molecular weight is 354 g/mol. The molecule has 4 aliphatic carbocycles. The highest BCUT2D eigenvalue weighted by atomic mass is 16.1. The number of hydrogen-bond donors (Lipinski definition) is 0. The van der Waals surface area contributed by atoms with Gasteiger partial charge < -0.3 is 0 Å². The van der Waals surface area contributed by atoms with Crippen LogP contribution < -0.4 is 0 Å². The molecule has 0 aromatic rings. The van der Waals surface area contributed by atoms with Crippen LogP contribution >= 0.6 is 0 Å². The van der Waals surface area contributed by atoms with Gasteiger partial charge in [-0.05, 0) is 91.9 Å². The zero-order valence-electron chi connectivity index (χ0n) is 16.9. The van der Waals surface area contributed by atoms with Crippen LogP contribution in [0.1, 0.15) is 85.0 Å². The Bertz CT molecular complexity index is 658. The molecule has 0 spiro atoms. The molecule has 0 N–H and O–H groups in total. The van der Waals surface area contributed by atoms with Gasteiger partial charge >= 0.3 is 0 Å². The Kier molecular flexibility index (Phi) is 4.57. The van der Waals surface area contributed by atoms with Gasteiger partial charge in [0.25, 0.3) is 0 Å². The summed E-state index contributed by atoms with van der Waals surface area (Å²) in [5.41, 5.74) is 1.80. The second kappa shape index (κ2) is 6.50. The average Bonchev–Trinajstić information content (AvgIpc) is 2.97. The van der Waals surface area contributed by atoms with Crippen molar-refractivity contribution in [3.05, 3.63) is 11.6 Å². The highest BCUT2D eigenvalue weighted by molar-refractivity contribution is 5.99. The molecule has 4 fully saturated rings. The lowest BCUT2D eigenvalue weighted by Crippen LogP contribution is -2.57. The highest BCUT2D eigenvalue weighted by Crippen LogP contribution is 2.67. The Morgan fingerprint density at radius 2 is 1.85 bits per heavy atom. The molecule has 4 rings (SSSR count). The summed E-state index contributed by atoms with van der Waals surface area (Å²) in [6.45, 7) is 7.07. The molecule has 0 saturated heterocycles. The molecular formula is C24H35NO. The molecule has 26 heavy (non-hydrogen) atoms. The normalized spacial score (nSPS) is 49.2. The molecule has 0 aromatic carbocycles. The van der Waals surface area contributed by atoms with Crippen molar-refractivity contribution in [1.82, 2.24) is 0 Å². The molecule has 4 saturated carbocycles. The van der Waals surface area contributed by atoms with E-state index >= 15 is 0 Å². The maximum atomic E-state index is 13.7. The Morgan fingerprint density at radius 3 is 2.58 bits per heavy atom. The van der Waals surface area contributed by atoms with Gasteiger partial charge in [0, 0.05) is 12.3 Å². The summed E-state index contributed by atoms with van der Waals surface area (Å²) in [5.74, 6) is 3.07. The van der Waals surface area contributed by atoms with Crippen LogP contribution in [0.15, 0.2) is 11.6 Å². The van der Waals surface area contributed by atoms with Crippen molar-refractivity contribution in [2.75, 3.05) is 0 Å². The van der Waals surface area contributed by atoms with E-state index in [1.165, 1.54) is 56.9 Å². The smallest absolute Gasteiger partial charge is 0.162 e. The second-order valence-electron chi connectivity index (χ2n) is 10.2. The number of fused-ring (bicyclic) bond motifs is 5. The number of carbonyl (C=O) groups is 1. The molecule has 6 unspecified atom stereocenters. The van der Waals surface area contributed by atoms with E-state index in [1.807, 2.05) is 0 Å². The van der Waals surface area contributed by atoms with Crippen molar-refractivity contribution in [2.24, 2.45) is 40.4 Å². The van der Waals surface area contributed by atoms with Crippen LogP contribution in [0.3, 0.4) is 0 Å². The summed E-state index contributed by atoms with van der Waals surface area (Å²) in [6.07, 6.45) is 14.0. The summed E-state index contributed by atoms with van der Waals surface area (Å²) in [7, 11) is 0. The van der Waals surface area contributed by atoms with E-state index in [4.69, 9.17) is 5.26 Å². The van der Waals surface area contributed by atoms with Crippen LogP contribution in [-0.4, -0.2) is 5.78 Å². The molecule has 0 aromatic heterocycles. The molecule has 4 aliphatic rings. The molecule has 2 nitrogen and oxygen atoms in total. The van der Waals surface area contributed by atoms with Crippen molar-refractivity contribution in [3.63, 3.8) is 0 Å². The number of Topliss-reactive ketones (excluding diaryl/α,β-unsaturated/α-hetero) is 1. The fourth-order valence-corrected chi connectivity index (χ4v) is 8.09. The second-order valence-corrected chi connectivity index (χ2v) is 10.2. The van der Waals surface area contributed by atoms with Gasteiger partial charge in [-0.15, -0.1) is 0 Å². The van der Waals surface area contributed by atoms with E-state index in [0.29, 0.717) is 41.3 Å². The van der Waals surface area contributed by atoms with Crippen molar-refractivity contribution < 1.29 is 4.79 Å². The van der Waals surface area contributed by atoms with E-state index in [2.05, 4.69) is 32.9 Å². The van der Waals surface area contributed by atoms with Crippen LogP contribution in [0, 0.1) is 51.8 Å². The Labute approximate surface area is 159 Å². The van der Waals surface area contributed by atoms with Gasteiger partial charge in [-0.3, -0.25) is 4.79 Å². The van der Waals surface area contributed by atoms with Gasteiger partial charge in [0.15, 0.2) is 5.78 Å². The summed E-state index contributed by atoms with van der Waals surface area (Å²) < 4.78 is 0. The van der Waals surface area contributed by atoms with E-state index in [9.17, 15) is 4.79 Å². The number of rotatable bonds is 2. The maximum Gasteiger partial charge on any atom is 0.162 e. The minimum absolute atomic E-state index is 0.256. The summed E-state index contributed by atoms with van der Waals surface area (Å²) >= 11 is 0. The lowest BCUT2D eigenvalue weighted by Gasteiger charge is -2.60. The van der Waals surface area contributed by atoms with Gasteiger partial charge in [-0.2, -0.15) is 5.26 Å². The van der Waals surface area contributed by atoms with Crippen molar-refractivity contribution in [2.45, 2.75) is 85.0 Å². The first kappa shape index (κ1) is 18.3. The fourth-order valence-electron chi connectivity index (χ4n) is 8.09. The summed E-state index contributed by atoms with van der Waals surface area (Å²) in [5, 5.41) is 9.05. The van der Waals surface area contributed by atoms with Gasteiger partial charge in [0.1, 0.15) is 0 Å². The first-order chi connectivity index (χ1) is 12.5. The standard InChI is InChI=1S/C24H35NO/c1-4-17-18-9-5-6-13-24(18,3)20-12-14-23(2)16(8-7-15-25)10-11-19(23)21(20)22(17)26/h4,16,18-21H,5-14H2,1-3H3/b17-4+/t16-,18?,19?,20?,21?,23?,24?/m0/s1. The lowest BCUT2D eigenvalue weighted by molar-refractivity contribution is -0.145. The van der Waals surface area contributed by atoms with Crippen molar-refractivity contribution in [1.29, 1.82) is 5.26 Å². The van der Waals surface area contributed by atoms with Crippen LogP contribution in [-0.2, 0) is 4.79 Å². The maximum absolute atomic E-state index is 13.7. The fraction of sp³-hybridized carbons (Fsp3) is 0.833. The van der Waals surface area contributed by atoms with Crippen LogP contribution in [0.25, 0.3) is 0 Å². The molecule has 142 valence electrons. The monoisotopic (exact) mass is 353 g/mol.